The third-order valence-corrected chi connectivity index (χ3v) is 7.99. The lowest BCUT2D eigenvalue weighted by atomic mass is 10.0. The van der Waals surface area contributed by atoms with Gasteiger partial charge < -0.3 is 4.90 Å². The van der Waals surface area contributed by atoms with Gasteiger partial charge in [0.05, 0.1) is 10.6 Å². The average molecular weight is 447 g/mol. The zero-order valence-electron chi connectivity index (χ0n) is 17.9. The maximum Gasteiger partial charge on any atom is 0.264 e. The molecule has 1 saturated carbocycles. The van der Waals surface area contributed by atoms with Crippen molar-refractivity contribution in [1.29, 1.82) is 0 Å². The van der Waals surface area contributed by atoms with E-state index in [2.05, 4.69) is 0 Å². The molecule has 1 aliphatic carbocycles. The van der Waals surface area contributed by atoms with Gasteiger partial charge in [-0.05, 0) is 61.1 Å². The molecule has 0 atom stereocenters. The summed E-state index contributed by atoms with van der Waals surface area (Å²) in [7, 11) is -3.76. The van der Waals surface area contributed by atoms with E-state index < -0.39 is 10.0 Å². The van der Waals surface area contributed by atoms with E-state index in [1.807, 2.05) is 59.5 Å². The van der Waals surface area contributed by atoms with Crippen molar-refractivity contribution in [2.24, 2.45) is 0 Å². The molecular weight excluding hydrogens is 420 g/mol. The minimum atomic E-state index is -3.76. The molecule has 1 heterocycles. The van der Waals surface area contributed by atoms with Crippen molar-refractivity contribution in [3.63, 3.8) is 0 Å². The largest absolute Gasteiger partial charge is 0.331 e. The van der Waals surface area contributed by atoms with E-state index in [9.17, 15) is 13.2 Å². The maximum absolute atomic E-state index is 13.5. The summed E-state index contributed by atoms with van der Waals surface area (Å²) >= 11 is 0. The minimum absolute atomic E-state index is 0.118. The fourth-order valence-corrected chi connectivity index (χ4v) is 5.95. The predicted molar refractivity (Wildman–Crippen MR) is 125 cm³/mol. The van der Waals surface area contributed by atoms with Gasteiger partial charge in [0.1, 0.15) is 0 Å². The van der Waals surface area contributed by atoms with Gasteiger partial charge in [0.2, 0.25) is 0 Å². The number of para-hydroxylation sites is 1. The van der Waals surface area contributed by atoms with Crippen molar-refractivity contribution in [3.8, 4) is 0 Å². The zero-order valence-corrected chi connectivity index (χ0v) is 18.7. The summed E-state index contributed by atoms with van der Waals surface area (Å²) < 4.78 is 28.5. The van der Waals surface area contributed by atoms with Gasteiger partial charge >= 0.3 is 0 Å². The Balaban J connectivity index is 1.45. The second-order valence-electron chi connectivity index (χ2n) is 8.49. The number of rotatable bonds is 6. The summed E-state index contributed by atoms with van der Waals surface area (Å²) in [6.07, 6.45) is 3.63. The van der Waals surface area contributed by atoms with E-state index >= 15 is 0 Å². The van der Waals surface area contributed by atoms with Gasteiger partial charge in [-0.15, -0.1) is 0 Å². The number of anilines is 1. The molecule has 0 saturated heterocycles. The van der Waals surface area contributed by atoms with Gasteiger partial charge in [-0.3, -0.25) is 9.10 Å². The Labute approximate surface area is 189 Å². The van der Waals surface area contributed by atoms with Gasteiger partial charge in [0.15, 0.2) is 0 Å². The van der Waals surface area contributed by atoms with Crippen LogP contribution in [-0.2, 0) is 23.0 Å². The zero-order chi connectivity index (χ0) is 22.1. The summed E-state index contributed by atoms with van der Waals surface area (Å²) in [5.74, 6) is -0.118. The normalized spacial score (nSPS) is 15.8. The van der Waals surface area contributed by atoms with Gasteiger partial charge in [-0.25, -0.2) is 8.42 Å². The van der Waals surface area contributed by atoms with E-state index in [1.54, 1.807) is 18.2 Å². The lowest BCUT2D eigenvalue weighted by Crippen LogP contribution is -2.36. The van der Waals surface area contributed by atoms with Crippen molar-refractivity contribution in [3.05, 3.63) is 95.6 Å². The second-order valence-corrected chi connectivity index (χ2v) is 10.3. The molecule has 1 fully saturated rings. The predicted octanol–water partition coefficient (Wildman–Crippen LogP) is 4.63. The molecule has 0 aromatic heterocycles. The quantitative estimate of drug-likeness (QED) is 0.555. The Morgan fingerprint density at radius 1 is 0.938 bits per heavy atom. The highest BCUT2D eigenvalue weighted by molar-refractivity contribution is 7.92. The van der Waals surface area contributed by atoms with Crippen LogP contribution in [-0.4, -0.2) is 31.8 Å². The summed E-state index contributed by atoms with van der Waals surface area (Å²) in [5.41, 5.74) is 3.26. The van der Waals surface area contributed by atoms with E-state index in [0.717, 1.165) is 42.5 Å². The molecule has 3 aromatic carbocycles. The number of benzene rings is 3. The Hall–Kier alpha value is -3.12. The van der Waals surface area contributed by atoms with Crippen molar-refractivity contribution >= 4 is 21.6 Å². The first-order valence-electron chi connectivity index (χ1n) is 11.1. The van der Waals surface area contributed by atoms with Crippen molar-refractivity contribution in [2.45, 2.75) is 43.2 Å². The van der Waals surface area contributed by atoms with Gasteiger partial charge in [-0.2, -0.15) is 0 Å². The highest BCUT2D eigenvalue weighted by Crippen LogP contribution is 2.33. The van der Waals surface area contributed by atoms with E-state index in [4.69, 9.17) is 0 Å². The van der Waals surface area contributed by atoms with Crippen LogP contribution >= 0.6 is 0 Å². The second kappa shape index (κ2) is 8.43. The Morgan fingerprint density at radius 2 is 1.69 bits per heavy atom. The van der Waals surface area contributed by atoms with Crippen LogP contribution in [0.3, 0.4) is 0 Å². The molecule has 0 unspecified atom stereocenters. The molecule has 5 nitrogen and oxygen atoms in total. The lowest BCUT2D eigenvalue weighted by molar-refractivity contribution is 0.0729. The Morgan fingerprint density at radius 3 is 2.47 bits per heavy atom. The molecular formula is C26H26N2O3S. The number of sulfonamides is 1. The van der Waals surface area contributed by atoms with Crippen LogP contribution in [0.2, 0.25) is 0 Å². The van der Waals surface area contributed by atoms with E-state index in [-0.39, 0.29) is 16.8 Å². The van der Waals surface area contributed by atoms with Crippen LogP contribution in [0.25, 0.3) is 0 Å². The first-order valence-corrected chi connectivity index (χ1v) is 12.5. The van der Waals surface area contributed by atoms with Crippen molar-refractivity contribution < 1.29 is 13.2 Å². The molecule has 5 rings (SSSR count). The first-order chi connectivity index (χ1) is 15.5. The molecule has 0 radical (unpaired) electrons. The topological polar surface area (TPSA) is 57.7 Å². The number of nitrogens with zero attached hydrogens (tertiary/aromatic N) is 2. The molecule has 164 valence electrons. The third-order valence-electron chi connectivity index (χ3n) is 6.18. The molecule has 2 aliphatic rings. The fraction of sp³-hybridized carbons (Fsp3) is 0.269. The molecule has 3 aromatic rings. The van der Waals surface area contributed by atoms with Gasteiger partial charge in [0, 0.05) is 24.7 Å². The third kappa shape index (κ3) is 4.02. The Bertz CT molecular complexity index is 1240. The number of amides is 1. The number of fused-ring (bicyclic) bond motifs is 1. The standard InChI is InChI=1S/C26H26N2O3S/c29-26(27(23-15-16-23)19-20-8-2-1-3-9-20)22-11-6-13-24(18-22)32(30,31)28-17-7-12-21-10-4-5-14-25(21)28/h1-6,8-11,13-14,18,23H,7,12,15-17,19H2. The fourth-order valence-electron chi connectivity index (χ4n) is 4.36. The highest BCUT2D eigenvalue weighted by Gasteiger charge is 2.34. The molecule has 0 bridgehead atoms. The van der Waals surface area contributed by atoms with Crippen LogP contribution in [0, 0.1) is 0 Å². The van der Waals surface area contributed by atoms with E-state index in [0.29, 0.717) is 18.7 Å². The summed E-state index contributed by atoms with van der Waals surface area (Å²) in [4.78, 5) is 15.4. The number of carbonyl (C=O) groups is 1. The van der Waals surface area contributed by atoms with Crippen LogP contribution in [0.5, 0.6) is 0 Å². The number of hydrogen-bond acceptors (Lipinski definition) is 3. The van der Waals surface area contributed by atoms with E-state index in [1.165, 1.54) is 10.4 Å². The number of aryl methyl sites for hydroxylation is 1. The molecule has 1 amide bonds. The number of hydrogen-bond donors (Lipinski definition) is 0. The summed E-state index contributed by atoms with van der Waals surface area (Å²) in [6, 6.07) is 24.3. The molecule has 32 heavy (non-hydrogen) atoms. The first kappa shape index (κ1) is 20.8. The smallest absolute Gasteiger partial charge is 0.264 e. The lowest BCUT2D eigenvalue weighted by Gasteiger charge is -2.30. The van der Waals surface area contributed by atoms with Crippen LogP contribution in [0.1, 0.15) is 40.7 Å². The summed E-state index contributed by atoms with van der Waals surface area (Å²) in [6.45, 7) is 0.973. The molecule has 0 spiro atoms. The molecule has 6 heteroatoms. The average Bonchev–Trinajstić information content (AvgIpc) is 3.68. The van der Waals surface area contributed by atoms with Crippen LogP contribution < -0.4 is 4.31 Å². The van der Waals surface area contributed by atoms with Gasteiger partial charge in [-0.1, -0.05) is 54.6 Å². The van der Waals surface area contributed by atoms with Crippen LogP contribution in [0.15, 0.2) is 83.8 Å². The van der Waals surface area contributed by atoms with Crippen molar-refractivity contribution in [1.82, 2.24) is 4.90 Å². The minimum Gasteiger partial charge on any atom is -0.331 e. The van der Waals surface area contributed by atoms with Crippen LogP contribution in [0.4, 0.5) is 5.69 Å². The number of carbonyl (C=O) groups excluding carboxylic acids is 1. The Kier molecular flexibility index (Phi) is 5.47. The van der Waals surface area contributed by atoms with Gasteiger partial charge in [0.25, 0.3) is 15.9 Å². The van der Waals surface area contributed by atoms with Crippen molar-refractivity contribution in [2.75, 3.05) is 10.8 Å². The maximum atomic E-state index is 13.5. The SMILES string of the molecule is O=C(c1cccc(S(=O)(=O)N2CCCc3ccccc32)c1)N(Cc1ccccc1)C1CC1. The summed E-state index contributed by atoms with van der Waals surface area (Å²) in [5, 5.41) is 0. The molecule has 0 N–H and O–H groups in total. The monoisotopic (exact) mass is 446 g/mol. The highest BCUT2D eigenvalue weighted by atomic mass is 32.2. The molecule has 1 aliphatic heterocycles.